The fourth-order valence-corrected chi connectivity index (χ4v) is 2.69. The zero-order valence-corrected chi connectivity index (χ0v) is 11.2. The van der Waals surface area contributed by atoms with Gasteiger partial charge < -0.3 is 14.9 Å². The van der Waals surface area contributed by atoms with Gasteiger partial charge in [0.15, 0.2) is 11.9 Å². The predicted molar refractivity (Wildman–Crippen MR) is 69.2 cm³/mol. The Labute approximate surface area is 118 Å². The lowest BCUT2D eigenvalue weighted by molar-refractivity contribution is -0.0548. The van der Waals surface area contributed by atoms with Gasteiger partial charge in [-0.3, -0.25) is 0 Å². The highest BCUT2D eigenvalue weighted by Gasteiger charge is 2.36. The quantitative estimate of drug-likeness (QED) is 0.819. The first-order valence-electron chi connectivity index (χ1n) is 5.74. The monoisotopic (exact) mass is 303 g/mol. The minimum absolute atomic E-state index is 0.151. The van der Waals surface area contributed by atoms with E-state index in [4.69, 9.17) is 33.0 Å². The van der Waals surface area contributed by atoms with Crippen molar-refractivity contribution in [2.45, 2.75) is 24.9 Å². The van der Waals surface area contributed by atoms with Crippen molar-refractivity contribution >= 4 is 34.2 Å². The molecule has 6 nitrogen and oxygen atoms in total. The van der Waals surface area contributed by atoms with E-state index in [0.29, 0.717) is 22.5 Å². The molecular formula is C11H11Cl2N3O3. The Bertz CT molecular complexity index is 618. The van der Waals surface area contributed by atoms with E-state index >= 15 is 0 Å². The lowest BCUT2D eigenvalue weighted by Crippen LogP contribution is -2.21. The second kappa shape index (κ2) is 4.88. The Morgan fingerprint density at radius 3 is 2.95 bits per heavy atom. The first-order chi connectivity index (χ1) is 9.10. The van der Waals surface area contributed by atoms with Crippen LogP contribution in [0.15, 0.2) is 12.3 Å². The van der Waals surface area contributed by atoms with Crippen molar-refractivity contribution in [2.24, 2.45) is 0 Å². The van der Waals surface area contributed by atoms with Crippen molar-refractivity contribution < 1.29 is 14.9 Å². The van der Waals surface area contributed by atoms with Gasteiger partial charge in [-0.15, -0.1) is 0 Å². The van der Waals surface area contributed by atoms with E-state index in [1.807, 2.05) is 0 Å². The number of aliphatic hydroxyl groups excluding tert-OH is 2. The van der Waals surface area contributed by atoms with Crippen molar-refractivity contribution in [1.82, 2.24) is 14.8 Å². The van der Waals surface area contributed by atoms with Crippen molar-refractivity contribution in [3.63, 3.8) is 0 Å². The van der Waals surface area contributed by atoms with Crippen LogP contribution in [0.2, 0.25) is 10.2 Å². The number of hydrogen-bond donors (Lipinski definition) is 2. The maximum absolute atomic E-state index is 9.97. The zero-order valence-electron chi connectivity index (χ0n) is 9.70. The van der Waals surface area contributed by atoms with Crippen molar-refractivity contribution in [3.8, 4) is 0 Å². The Kier molecular flexibility index (Phi) is 3.36. The maximum Gasteiger partial charge on any atom is 0.178 e. The summed E-state index contributed by atoms with van der Waals surface area (Å²) in [5, 5.41) is 24.5. The summed E-state index contributed by atoms with van der Waals surface area (Å²) in [6.45, 7) is -0.151. The Balaban J connectivity index is 2.06. The Hall–Kier alpha value is -0.920. The molecule has 8 heteroatoms. The van der Waals surface area contributed by atoms with Crippen LogP contribution < -0.4 is 0 Å². The van der Waals surface area contributed by atoms with Gasteiger partial charge in [-0.1, -0.05) is 23.2 Å². The molecule has 1 fully saturated rings. The summed E-state index contributed by atoms with van der Waals surface area (Å²) in [5.41, 5.74) is 0.445. The largest absolute Gasteiger partial charge is 0.394 e. The third kappa shape index (κ3) is 2.19. The van der Waals surface area contributed by atoms with Crippen LogP contribution in [0.5, 0.6) is 0 Å². The molecule has 3 atom stereocenters. The van der Waals surface area contributed by atoms with E-state index in [1.54, 1.807) is 6.20 Å². The minimum Gasteiger partial charge on any atom is -0.394 e. The molecule has 1 saturated heterocycles. The number of hydrogen-bond acceptors (Lipinski definition) is 5. The standard InChI is InChI=1S/C11H11Cl2N3O3/c12-7-2-9(13)15-10-6(7)3-14-16(10)11-8(18)1-5(4-17)19-11/h2-3,5,8,11,17-18H,1,4H2/t5-,8+,11?/m0/s1. The summed E-state index contributed by atoms with van der Waals surface area (Å²) in [6, 6.07) is 1.53. The molecule has 2 N–H and O–H groups in total. The number of rotatable bonds is 2. The number of aliphatic hydroxyl groups is 2. The third-order valence-electron chi connectivity index (χ3n) is 3.10. The molecule has 0 spiro atoms. The van der Waals surface area contributed by atoms with Crippen LogP contribution in [0, 0.1) is 0 Å². The average Bonchev–Trinajstić information content (AvgIpc) is 2.92. The smallest absolute Gasteiger partial charge is 0.178 e. The highest BCUT2D eigenvalue weighted by molar-refractivity contribution is 6.37. The summed E-state index contributed by atoms with van der Waals surface area (Å²) in [5.74, 6) is 0. The second-order valence-corrected chi connectivity index (χ2v) is 5.18. The average molecular weight is 304 g/mol. The van der Waals surface area contributed by atoms with Gasteiger partial charge in [0.25, 0.3) is 0 Å². The van der Waals surface area contributed by atoms with E-state index in [9.17, 15) is 5.11 Å². The minimum atomic E-state index is -0.764. The summed E-state index contributed by atoms with van der Waals surface area (Å²) in [7, 11) is 0. The molecule has 2 aromatic heterocycles. The van der Waals surface area contributed by atoms with E-state index < -0.39 is 18.4 Å². The number of ether oxygens (including phenoxy) is 1. The molecule has 2 aromatic rings. The molecule has 19 heavy (non-hydrogen) atoms. The van der Waals surface area contributed by atoms with E-state index in [1.165, 1.54) is 10.7 Å². The number of nitrogens with zero attached hydrogens (tertiary/aromatic N) is 3. The molecule has 3 rings (SSSR count). The number of pyridine rings is 1. The number of aromatic nitrogens is 3. The molecule has 102 valence electrons. The van der Waals surface area contributed by atoms with Crippen LogP contribution >= 0.6 is 23.2 Å². The van der Waals surface area contributed by atoms with Gasteiger partial charge in [-0.25, -0.2) is 9.67 Å². The normalized spacial score (nSPS) is 27.3. The van der Waals surface area contributed by atoms with Crippen LogP contribution in [-0.2, 0) is 4.74 Å². The molecule has 1 aliphatic heterocycles. The van der Waals surface area contributed by atoms with Gasteiger partial charge in [-0.05, 0) is 6.07 Å². The predicted octanol–water partition coefficient (Wildman–Crippen LogP) is 1.38. The van der Waals surface area contributed by atoms with Crippen molar-refractivity contribution in [2.75, 3.05) is 6.61 Å². The molecule has 0 aliphatic carbocycles. The highest BCUT2D eigenvalue weighted by atomic mass is 35.5. The van der Waals surface area contributed by atoms with Crippen molar-refractivity contribution in [1.29, 1.82) is 0 Å². The molecule has 0 radical (unpaired) electrons. The second-order valence-electron chi connectivity index (χ2n) is 4.39. The van der Waals surface area contributed by atoms with Gasteiger partial charge in [0.05, 0.1) is 29.3 Å². The molecule has 1 aliphatic rings. The molecule has 0 bridgehead atoms. The number of halogens is 2. The summed E-state index contributed by atoms with van der Waals surface area (Å²) in [4.78, 5) is 4.15. The Morgan fingerprint density at radius 1 is 1.47 bits per heavy atom. The van der Waals surface area contributed by atoms with E-state index in [2.05, 4.69) is 10.1 Å². The van der Waals surface area contributed by atoms with Gasteiger partial charge in [0.1, 0.15) is 11.3 Å². The van der Waals surface area contributed by atoms with Gasteiger partial charge in [0.2, 0.25) is 0 Å². The fourth-order valence-electron chi connectivity index (χ4n) is 2.21. The summed E-state index contributed by atoms with van der Waals surface area (Å²) >= 11 is 11.9. The van der Waals surface area contributed by atoms with Crippen LogP contribution in [0.1, 0.15) is 12.6 Å². The van der Waals surface area contributed by atoms with Crippen LogP contribution in [0.4, 0.5) is 0 Å². The van der Waals surface area contributed by atoms with Crippen LogP contribution in [-0.4, -0.2) is 43.8 Å². The number of fused-ring (bicyclic) bond motifs is 1. The molecule has 0 saturated carbocycles. The Morgan fingerprint density at radius 2 is 2.26 bits per heavy atom. The molecule has 0 aromatic carbocycles. The lowest BCUT2D eigenvalue weighted by atomic mass is 10.2. The molecule has 1 unspecified atom stereocenters. The first kappa shape index (κ1) is 13.1. The van der Waals surface area contributed by atoms with E-state index in [0.717, 1.165) is 0 Å². The van der Waals surface area contributed by atoms with Gasteiger partial charge in [0, 0.05) is 6.42 Å². The van der Waals surface area contributed by atoms with Crippen LogP contribution in [0.3, 0.4) is 0 Å². The summed E-state index contributed by atoms with van der Waals surface area (Å²) < 4.78 is 6.97. The van der Waals surface area contributed by atoms with Crippen molar-refractivity contribution in [3.05, 3.63) is 22.4 Å². The van der Waals surface area contributed by atoms with Gasteiger partial charge >= 0.3 is 0 Å². The zero-order chi connectivity index (χ0) is 13.6. The summed E-state index contributed by atoms with van der Waals surface area (Å²) in [6.07, 6.45) is 0.0191. The molecule has 3 heterocycles. The first-order valence-corrected chi connectivity index (χ1v) is 6.49. The van der Waals surface area contributed by atoms with Gasteiger partial charge in [-0.2, -0.15) is 5.10 Å². The molecular weight excluding hydrogens is 293 g/mol. The third-order valence-corrected chi connectivity index (χ3v) is 3.60. The SMILES string of the molecule is OC[C@@H]1C[C@@H](O)C(n2ncc3c(Cl)cc(Cl)nc32)O1. The maximum atomic E-state index is 9.97. The highest BCUT2D eigenvalue weighted by Crippen LogP contribution is 2.32. The van der Waals surface area contributed by atoms with E-state index in [-0.39, 0.29) is 11.8 Å². The lowest BCUT2D eigenvalue weighted by Gasteiger charge is -2.15. The topological polar surface area (TPSA) is 80.4 Å². The molecule has 0 amide bonds. The van der Waals surface area contributed by atoms with Crippen LogP contribution in [0.25, 0.3) is 11.0 Å². The fraction of sp³-hybridized carbons (Fsp3) is 0.455.